The Morgan fingerprint density at radius 2 is 1.74 bits per heavy atom. The van der Waals surface area contributed by atoms with Gasteiger partial charge < -0.3 is 0 Å². The number of carbonyl (C=O) groups excluding carboxylic acids is 1. The maximum Gasteiger partial charge on any atom is 0.286 e. The summed E-state index contributed by atoms with van der Waals surface area (Å²) in [7, 11) is 0. The second-order valence-electron chi connectivity index (χ2n) is 5.96. The van der Waals surface area contributed by atoms with Crippen molar-refractivity contribution in [1.82, 2.24) is 20.2 Å². The molecule has 1 amide bonds. The lowest BCUT2D eigenvalue weighted by atomic mass is 10.1. The fourth-order valence-corrected chi connectivity index (χ4v) is 3.33. The Balaban J connectivity index is 0.00000529. The Bertz CT molecular complexity index is 1560. The Hall–Kier alpha value is -1.76. The average Bonchev–Trinajstić information content (AvgIpc) is 3.27. The van der Waals surface area contributed by atoms with E-state index in [1.165, 1.54) is 42.5 Å². The molecule has 164 valence electrons. The molecular formula is C22H22Cl4N4O. The highest BCUT2D eigenvalue weighted by Crippen LogP contribution is 2.33. The van der Waals surface area contributed by atoms with Crippen LogP contribution >= 0.6 is 47.2 Å². The number of nitrogens with one attached hydrogen (secondary N) is 1. The Kier molecular flexibility index (Phi) is 3.94. The number of nitrogens with zero attached hydrogens (tertiary/aromatic N) is 3. The maximum absolute atomic E-state index is 13.7. The summed E-state index contributed by atoms with van der Waals surface area (Å²) < 4.78 is 107. The number of benzene rings is 2. The van der Waals surface area contributed by atoms with E-state index >= 15 is 0 Å². The number of carbonyl (C=O) groups is 1. The molecule has 0 bridgehead atoms. The largest absolute Gasteiger partial charge is 0.286 e. The number of hydrogen-bond donors (Lipinski definition) is 1. The zero-order valence-electron chi connectivity index (χ0n) is 28.3. The number of hydrazine groups is 1. The highest BCUT2D eigenvalue weighted by molar-refractivity contribution is 6.35. The van der Waals surface area contributed by atoms with Crippen molar-refractivity contribution in [3.63, 3.8) is 0 Å². The number of halogens is 4. The van der Waals surface area contributed by atoms with Crippen LogP contribution in [0.4, 0.5) is 0 Å². The summed E-state index contributed by atoms with van der Waals surface area (Å²) in [5.74, 6) is -1.56. The van der Waals surface area contributed by atoms with Crippen molar-refractivity contribution in [3.8, 4) is 16.9 Å². The maximum atomic E-state index is 13.7. The fraction of sp³-hybridized carbons (Fsp3) is 0.273. The van der Waals surface area contributed by atoms with Crippen LogP contribution in [0.25, 0.3) is 16.9 Å². The summed E-state index contributed by atoms with van der Waals surface area (Å²) in [5.41, 5.74) is 0.232. The molecule has 0 unspecified atom stereocenters. The van der Waals surface area contributed by atoms with Crippen molar-refractivity contribution in [2.24, 2.45) is 0 Å². The molecule has 9 heteroatoms. The number of amides is 1. The zero-order valence-corrected chi connectivity index (χ0v) is 18.4. The molecule has 3 aromatic rings. The van der Waals surface area contributed by atoms with Gasteiger partial charge in [-0.3, -0.25) is 10.2 Å². The van der Waals surface area contributed by atoms with E-state index in [0.29, 0.717) is 5.02 Å². The van der Waals surface area contributed by atoms with Crippen LogP contribution in [0.1, 0.15) is 53.0 Å². The molecule has 0 radical (unpaired) electrons. The van der Waals surface area contributed by atoms with Crippen molar-refractivity contribution in [2.75, 3.05) is 13.0 Å². The van der Waals surface area contributed by atoms with Crippen LogP contribution in [0.15, 0.2) is 42.5 Å². The molecule has 4 rings (SSSR count). The Labute approximate surface area is 220 Å². The van der Waals surface area contributed by atoms with Crippen LogP contribution in [0.2, 0.25) is 15.1 Å². The lowest BCUT2D eigenvalue weighted by Crippen LogP contribution is -2.45. The smallest absolute Gasteiger partial charge is 0.283 e. The molecule has 31 heavy (non-hydrogen) atoms. The van der Waals surface area contributed by atoms with Crippen molar-refractivity contribution >= 4 is 53.1 Å². The van der Waals surface area contributed by atoms with E-state index in [1.54, 1.807) is 5.43 Å². The lowest BCUT2D eigenvalue weighted by molar-refractivity contribution is 0.0743. The van der Waals surface area contributed by atoms with Gasteiger partial charge in [0.15, 0.2) is 5.69 Å². The van der Waals surface area contributed by atoms with Crippen molar-refractivity contribution in [3.05, 3.63) is 68.8 Å². The van der Waals surface area contributed by atoms with Crippen LogP contribution in [-0.4, -0.2) is 33.7 Å². The normalized spacial score (nSPS) is 28.9. The molecule has 1 saturated heterocycles. The van der Waals surface area contributed by atoms with Crippen molar-refractivity contribution in [2.45, 2.75) is 26.0 Å². The quantitative estimate of drug-likeness (QED) is 0.442. The molecule has 1 aliphatic rings. The van der Waals surface area contributed by atoms with E-state index < -0.39 is 56.1 Å². The zero-order chi connectivity index (χ0) is 32.7. The second kappa shape index (κ2) is 10.2. The van der Waals surface area contributed by atoms with Gasteiger partial charge in [-0.2, -0.15) is 5.10 Å². The van der Waals surface area contributed by atoms with Gasteiger partial charge in [0.25, 0.3) is 5.91 Å². The Morgan fingerprint density at radius 3 is 2.39 bits per heavy atom. The summed E-state index contributed by atoms with van der Waals surface area (Å²) in [4.78, 5) is 13.7. The first kappa shape index (κ1) is 11.9. The molecule has 0 aliphatic carbocycles. The summed E-state index contributed by atoms with van der Waals surface area (Å²) in [6.07, 6.45) is -11.2. The first-order valence-electron chi connectivity index (χ1n) is 14.9. The van der Waals surface area contributed by atoms with Crippen LogP contribution in [-0.2, 0) is 0 Å². The van der Waals surface area contributed by atoms with Crippen LogP contribution in [0.5, 0.6) is 0 Å². The van der Waals surface area contributed by atoms with Crippen LogP contribution in [0.3, 0.4) is 0 Å². The minimum Gasteiger partial charge on any atom is -0.283 e. The molecule has 2 heterocycles. The van der Waals surface area contributed by atoms with E-state index in [0.717, 1.165) is 4.68 Å². The monoisotopic (exact) mass is 511 g/mol. The molecule has 2 aromatic carbocycles. The SMILES string of the molecule is Cl.[2H]C([2H])([2H])c1c(C(=O)NN2C([2H])([2H])C([2H])([2H])C([2H])([2H])C([2H])([2H])C2([2H])[2H])nn(-c2ccc(Cl)cc2Cl)c1-c1ccc(Cl)cc1. The molecule has 0 spiro atoms. The standard InChI is InChI=1S/C22H21Cl3N4O.ClH/c1-14-20(22(30)27-28-11-3-2-4-12-28)26-29(19-10-9-17(24)13-18(19)25)21(14)15-5-7-16(23)8-6-15;/h5-10,13H,2-4,11-12H2,1H3,(H,27,30);1H/i1D3,2D2,3D2,4D2,11D2,12D2;. The van der Waals surface area contributed by atoms with Crippen molar-refractivity contribution < 1.29 is 22.6 Å². The summed E-state index contributed by atoms with van der Waals surface area (Å²) in [6, 6.07) is 9.88. The van der Waals surface area contributed by atoms with E-state index in [2.05, 4.69) is 5.10 Å². The van der Waals surface area contributed by atoms with Gasteiger partial charge in [0.2, 0.25) is 0 Å². The van der Waals surface area contributed by atoms with Gasteiger partial charge in [-0.05, 0) is 49.9 Å². The third kappa shape index (κ3) is 5.18. The van der Waals surface area contributed by atoms with Gasteiger partial charge in [-0.25, -0.2) is 9.69 Å². The summed E-state index contributed by atoms with van der Waals surface area (Å²) in [6.45, 7) is -10.5. The van der Waals surface area contributed by atoms with E-state index in [9.17, 15) is 4.79 Å². The third-order valence-electron chi connectivity index (χ3n) is 4.03. The number of hydrogen-bond acceptors (Lipinski definition) is 3. The number of rotatable bonds is 4. The van der Waals surface area contributed by atoms with Gasteiger partial charge in [0.1, 0.15) is 0 Å². The molecule has 1 N–H and O–H groups in total. The first-order valence-corrected chi connectivity index (χ1v) is 9.51. The Morgan fingerprint density at radius 1 is 1.06 bits per heavy atom. The van der Waals surface area contributed by atoms with Gasteiger partial charge in [0.05, 0.1) is 16.4 Å². The molecule has 1 aromatic heterocycles. The highest BCUT2D eigenvalue weighted by atomic mass is 35.5. The van der Waals surface area contributed by atoms with E-state index in [4.69, 9.17) is 52.6 Å². The minimum atomic E-state index is -3.74. The summed E-state index contributed by atoms with van der Waals surface area (Å²) in [5, 5.41) is 4.33. The number of aromatic nitrogens is 2. The fourth-order valence-electron chi connectivity index (χ4n) is 2.72. The predicted octanol–water partition coefficient (Wildman–Crippen LogP) is 6.36. The lowest BCUT2D eigenvalue weighted by Gasteiger charge is -2.26. The minimum absolute atomic E-state index is 0. The second-order valence-corrected chi connectivity index (χ2v) is 7.24. The molecule has 5 nitrogen and oxygen atoms in total. The third-order valence-corrected chi connectivity index (χ3v) is 4.82. The van der Waals surface area contributed by atoms with Crippen molar-refractivity contribution in [1.29, 1.82) is 0 Å². The molecule has 0 atom stereocenters. The van der Waals surface area contributed by atoms with Gasteiger partial charge >= 0.3 is 0 Å². The van der Waals surface area contributed by atoms with Crippen LogP contribution < -0.4 is 5.43 Å². The molecule has 1 fully saturated rings. The van der Waals surface area contributed by atoms with Gasteiger partial charge in [0, 0.05) is 52.0 Å². The first-order chi connectivity index (χ1) is 19.4. The molecule has 0 saturated carbocycles. The van der Waals surface area contributed by atoms with Gasteiger partial charge in [-0.1, -0.05) is 53.3 Å². The van der Waals surface area contributed by atoms with E-state index in [1.807, 2.05) is 0 Å². The number of piperidine rings is 1. The van der Waals surface area contributed by atoms with E-state index in [-0.39, 0.29) is 44.4 Å². The highest BCUT2D eigenvalue weighted by Gasteiger charge is 2.24. The topological polar surface area (TPSA) is 50.2 Å². The molecular weight excluding hydrogens is 478 g/mol. The molecule has 1 aliphatic heterocycles. The summed E-state index contributed by atoms with van der Waals surface area (Å²) >= 11 is 18.4. The predicted molar refractivity (Wildman–Crippen MR) is 129 cm³/mol. The van der Waals surface area contributed by atoms with Gasteiger partial charge in [-0.15, -0.1) is 12.4 Å². The van der Waals surface area contributed by atoms with Crippen LogP contribution in [0, 0.1) is 6.85 Å². The average molecular weight is 513 g/mol.